The molecular weight excluding hydrogens is 213 g/mol. The minimum Gasteiger partial charge on any atom is -0.467 e. The molecule has 16 heavy (non-hydrogen) atoms. The number of ether oxygens (including phenoxy) is 2. The third kappa shape index (κ3) is 2.02. The number of rotatable bonds is 3. The van der Waals surface area contributed by atoms with E-state index in [0.717, 1.165) is 0 Å². The fourth-order valence-electron chi connectivity index (χ4n) is 1.81. The Bertz CT molecular complexity index is 384. The molecule has 0 bridgehead atoms. The van der Waals surface area contributed by atoms with Gasteiger partial charge in [-0.1, -0.05) is 0 Å². The first-order chi connectivity index (χ1) is 7.74. The van der Waals surface area contributed by atoms with Crippen LogP contribution in [-0.2, 0) is 11.3 Å². The number of fused-ring (bicyclic) bond motifs is 1. The van der Waals surface area contributed by atoms with Crippen molar-refractivity contribution in [2.75, 3.05) is 13.3 Å². The highest BCUT2D eigenvalue weighted by atomic mass is 19.1. The van der Waals surface area contributed by atoms with Crippen LogP contribution in [0.4, 0.5) is 4.39 Å². The second-order valence-corrected chi connectivity index (χ2v) is 3.64. The summed E-state index contributed by atoms with van der Waals surface area (Å²) < 4.78 is 23.9. The van der Waals surface area contributed by atoms with Crippen LogP contribution in [0.25, 0.3) is 0 Å². The molecule has 88 valence electrons. The summed E-state index contributed by atoms with van der Waals surface area (Å²) in [4.78, 5) is 0. The molecule has 1 heterocycles. The van der Waals surface area contributed by atoms with E-state index in [0.29, 0.717) is 24.3 Å². The van der Waals surface area contributed by atoms with Crippen molar-refractivity contribution >= 4 is 0 Å². The smallest absolute Gasteiger partial charge is 0.189 e. The van der Waals surface area contributed by atoms with Crippen molar-refractivity contribution in [3.63, 3.8) is 0 Å². The summed E-state index contributed by atoms with van der Waals surface area (Å²) in [6.45, 7) is 0.709. The number of hydrogen-bond donors (Lipinski definition) is 2. The van der Waals surface area contributed by atoms with Crippen molar-refractivity contribution in [3.8, 4) is 5.75 Å². The lowest BCUT2D eigenvalue weighted by molar-refractivity contribution is -0.0184. The maximum atomic E-state index is 13.6. The highest BCUT2D eigenvalue weighted by molar-refractivity contribution is 5.42. The second-order valence-electron chi connectivity index (χ2n) is 3.64. The predicted octanol–water partition coefficient (Wildman–Crippen LogP) is 1.07. The zero-order valence-corrected chi connectivity index (χ0v) is 8.78. The Morgan fingerprint density at radius 1 is 1.50 bits per heavy atom. The molecule has 0 fully saturated rings. The summed E-state index contributed by atoms with van der Waals surface area (Å²) in [5.74, 6) is 0.118. The van der Waals surface area contributed by atoms with Crippen molar-refractivity contribution in [1.29, 1.82) is 0 Å². The SMILES string of the molecule is NCCC(O)c1c(F)ccc2c1COCO2. The molecule has 0 spiro atoms. The van der Waals surface area contributed by atoms with Gasteiger partial charge >= 0.3 is 0 Å². The van der Waals surface area contributed by atoms with Gasteiger partial charge in [0.05, 0.1) is 12.7 Å². The Kier molecular flexibility index (Phi) is 3.38. The summed E-state index contributed by atoms with van der Waals surface area (Å²) in [6.07, 6.45) is -0.599. The fraction of sp³-hybridized carbons (Fsp3) is 0.455. The van der Waals surface area contributed by atoms with E-state index in [1.54, 1.807) is 6.07 Å². The first-order valence-electron chi connectivity index (χ1n) is 5.14. The van der Waals surface area contributed by atoms with E-state index in [-0.39, 0.29) is 19.0 Å². The minimum absolute atomic E-state index is 0.158. The number of halogens is 1. The van der Waals surface area contributed by atoms with Gasteiger partial charge in [0, 0.05) is 11.1 Å². The maximum absolute atomic E-state index is 13.6. The summed E-state index contributed by atoms with van der Waals surface area (Å²) in [5, 5.41) is 9.83. The molecule has 2 rings (SSSR count). The van der Waals surface area contributed by atoms with E-state index in [9.17, 15) is 9.50 Å². The number of aliphatic hydroxyl groups is 1. The lowest BCUT2D eigenvalue weighted by Gasteiger charge is -2.23. The Morgan fingerprint density at radius 2 is 2.31 bits per heavy atom. The molecule has 0 saturated carbocycles. The third-order valence-electron chi connectivity index (χ3n) is 2.58. The van der Waals surface area contributed by atoms with Gasteiger partial charge in [-0.3, -0.25) is 0 Å². The maximum Gasteiger partial charge on any atom is 0.189 e. The Balaban J connectivity index is 2.41. The first-order valence-corrected chi connectivity index (χ1v) is 5.14. The molecular formula is C11H14FNO3. The molecule has 0 saturated heterocycles. The molecule has 1 aromatic carbocycles. The average Bonchev–Trinajstić information content (AvgIpc) is 2.29. The van der Waals surface area contributed by atoms with Crippen LogP contribution >= 0.6 is 0 Å². The standard InChI is InChI=1S/C11H14FNO3/c12-8-1-2-10-7(5-15-6-16-10)11(8)9(14)3-4-13/h1-2,9,14H,3-6,13H2. The monoisotopic (exact) mass is 227 g/mol. The van der Waals surface area contributed by atoms with Crippen molar-refractivity contribution in [3.05, 3.63) is 29.1 Å². The second kappa shape index (κ2) is 4.78. The number of aliphatic hydroxyl groups excluding tert-OH is 1. The van der Waals surface area contributed by atoms with Crippen molar-refractivity contribution in [2.45, 2.75) is 19.1 Å². The van der Waals surface area contributed by atoms with E-state index in [4.69, 9.17) is 15.2 Å². The van der Waals surface area contributed by atoms with Crippen LogP contribution in [0.2, 0.25) is 0 Å². The zero-order chi connectivity index (χ0) is 11.5. The molecule has 1 aliphatic rings. The van der Waals surface area contributed by atoms with Crippen LogP contribution in [0, 0.1) is 5.82 Å². The molecule has 0 aliphatic carbocycles. The van der Waals surface area contributed by atoms with E-state index in [2.05, 4.69) is 0 Å². The van der Waals surface area contributed by atoms with Crippen LogP contribution < -0.4 is 10.5 Å². The minimum atomic E-state index is -0.912. The largest absolute Gasteiger partial charge is 0.467 e. The van der Waals surface area contributed by atoms with Gasteiger partial charge in [0.25, 0.3) is 0 Å². The molecule has 0 radical (unpaired) electrons. The molecule has 0 amide bonds. The van der Waals surface area contributed by atoms with Crippen LogP contribution in [0.5, 0.6) is 5.75 Å². The van der Waals surface area contributed by atoms with Crippen LogP contribution in [0.3, 0.4) is 0 Å². The lowest BCUT2D eigenvalue weighted by atomic mass is 9.98. The van der Waals surface area contributed by atoms with Gasteiger partial charge in [0.15, 0.2) is 6.79 Å². The molecule has 1 aromatic rings. The average molecular weight is 227 g/mol. The fourth-order valence-corrected chi connectivity index (χ4v) is 1.81. The normalized spacial score (nSPS) is 16.4. The van der Waals surface area contributed by atoms with Crippen molar-refractivity contribution in [2.24, 2.45) is 5.73 Å². The number of hydrogen-bond acceptors (Lipinski definition) is 4. The van der Waals surface area contributed by atoms with E-state index in [1.165, 1.54) is 6.07 Å². The third-order valence-corrected chi connectivity index (χ3v) is 2.58. The van der Waals surface area contributed by atoms with Gasteiger partial charge in [0.2, 0.25) is 0 Å². The van der Waals surface area contributed by atoms with Crippen molar-refractivity contribution in [1.82, 2.24) is 0 Å². The Labute approximate surface area is 92.8 Å². The summed E-state index contributed by atoms with van der Waals surface area (Å²) in [6, 6.07) is 2.84. The predicted molar refractivity (Wildman–Crippen MR) is 55.3 cm³/mol. The Hall–Kier alpha value is -1.17. The molecule has 1 aliphatic heterocycles. The summed E-state index contributed by atoms with van der Waals surface area (Å²) >= 11 is 0. The zero-order valence-electron chi connectivity index (χ0n) is 8.78. The summed E-state index contributed by atoms with van der Waals surface area (Å²) in [5.41, 5.74) is 6.16. The van der Waals surface area contributed by atoms with Gasteiger partial charge in [0.1, 0.15) is 11.6 Å². The van der Waals surface area contributed by atoms with Gasteiger partial charge < -0.3 is 20.3 Å². The highest BCUT2D eigenvalue weighted by Gasteiger charge is 2.22. The Morgan fingerprint density at radius 3 is 3.06 bits per heavy atom. The van der Waals surface area contributed by atoms with Crippen LogP contribution in [0.1, 0.15) is 23.7 Å². The quantitative estimate of drug-likeness (QED) is 0.810. The molecule has 5 heteroatoms. The molecule has 0 aromatic heterocycles. The van der Waals surface area contributed by atoms with Crippen LogP contribution in [-0.4, -0.2) is 18.4 Å². The molecule has 1 unspecified atom stereocenters. The van der Waals surface area contributed by atoms with Crippen molar-refractivity contribution < 1.29 is 19.0 Å². The van der Waals surface area contributed by atoms with E-state index >= 15 is 0 Å². The van der Waals surface area contributed by atoms with Crippen LogP contribution in [0.15, 0.2) is 12.1 Å². The highest BCUT2D eigenvalue weighted by Crippen LogP contribution is 2.33. The first kappa shape index (κ1) is 11.3. The lowest BCUT2D eigenvalue weighted by Crippen LogP contribution is -2.17. The van der Waals surface area contributed by atoms with Gasteiger partial charge in [-0.2, -0.15) is 0 Å². The topological polar surface area (TPSA) is 64.7 Å². The summed E-state index contributed by atoms with van der Waals surface area (Å²) in [7, 11) is 0. The molecule has 1 atom stereocenters. The van der Waals surface area contributed by atoms with E-state index in [1.807, 2.05) is 0 Å². The number of nitrogens with two attached hydrogens (primary N) is 1. The molecule has 4 nitrogen and oxygen atoms in total. The van der Waals surface area contributed by atoms with Gasteiger partial charge in [-0.15, -0.1) is 0 Å². The van der Waals surface area contributed by atoms with Gasteiger partial charge in [-0.25, -0.2) is 4.39 Å². The van der Waals surface area contributed by atoms with E-state index < -0.39 is 11.9 Å². The number of benzene rings is 1. The van der Waals surface area contributed by atoms with Gasteiger partial charge in [-0.05, 0) is 25.1 Å². The molecule has 3 N–H and O–H groups in total.